The summed E-state index contributed by atoms with van der Waals surface area (Å²) in [6.07, 6.45) is 2.52. The van der Waals surface area contributed by atoms with Crippen molar-refractivity contribution in [1.29, 1.82) is 0 Å². The number of likely N-dealkylation sites (tertiary alicyclic amines) is 1. The molecule has 2 rings (SSSR count). The van der Waals surface area contributed by atoms with E-state index >= 15 is 0 Å². The van der Waals surface area contributed by atoms with E-state index < -0.39 is 0 Å². The lowest BCUT2D eigenvalue weighted by Crippen LogP contribution is -2.60. The zero-order valence-corrected chi connectivity index (χ0v) is 8.95. The quantitative estimate of drug-likeness (QED) is 0.622. The number of hydrogen-bond donors (Lipinski definition) is 2. The van der Waals surface area contributed by atoms with Gasteiger partial charge in [0, 0.05) is 0 Å². The van der Waals surface area contributed by atoms with Gasteiger partial charge in [-0.3, -0.25) is 25.3 Å². The molecule has 0 aromatic carbocycles. The number of nitrogens with zero attached hydrogens (tertiary/aromatic N) is 1. The van der Waals surface area contributed by atoms with Crippen molar-refractivity contribution in [2.45, 2.75) is 32.2 Å². The first-order valence-corrected chi connectivity index (χ1v) is 5.49. The predicted octanol–water partition coefficient (Wildman–Crippen LogP) is -0.362. The van der Waals surface area contributed by atoms with Crippen LogP contribution in [0, 0.1) is 5.92 Å². The summed E-state index contributed by atoms with van der Waals surface area (Å²) in [5.41, 5.74) is 4.75. The Morgan fingerprint density at radius 1 is 1.20 bits per heavy atom. The number of rotatable bonds is 1. The van der Waals surface area contributed by atoms with E-state index in [2.05, 4.69) is 22.7 Å². The lowest BCUT2D eigenvalue weighted by Gasteiger charge is -2.37. The standard InChI is InChI=1S/C10H17N3O2/c1-7-2-4-13(5-3-7)8-6-9(14)11-12-10(8)15/h7-8H,2-6H2,1H3,(H,11,14)(H,12,15)/t8-/m0/s1. The molecular formula is C10H17N3O2. The number of hydrogen-bond acceptors (Lipinski definition) is 3. The Labute approximate surface area is 89.2 Å². The van der Waals surface area contributed by atoms with Gasteiger partial charge in [0.1, 0.15) is 0 Å². The van der Waals surface area contributed by atoms with Crippen molar-refractivity contribution in [1.82, 2.24) is 15.8 Å². The van der Waals surface area contributed by atoms with Crippen LogP contribution in [0.4, 0.5) is 0 Å². The van der Waals surface area contributed by atoms with E-state index in [1.165, 1.54) is 0 Å². The minimum Gasteiger partial charge on any atom is -0.291 e. The van der Waals surface area contributed by atoms with Gasteiger partial charge in [0.25, 0.3) is 5.91 Å². The molecule has 0 bridgehead atoms. The fourth-order valence-corrected chi connectivity index (χ4v) is 2.17. The summed E-state index contributed by atoms with van der Waals surface area (Å²) >= 11 is 0. The zero-order valence-electron chi connectivity index (χ0n) is 8.95. The van der Waals surface area contributed by atoms with Crippen LogP contribution in [0.25, 0.3) is 0 Å². The molecule has 15 heavy (non-hydrogen) atoms. The molecule has 0 aliphatic carbocycles. The molecule has 2 aliphatic heterocycles. The highest BCUT2D eigenvalue weighted by Crippen LogP contribution is 2.20. The SMILES string of the molecule is CC1CCN([C@H]2CC(=O)NNC2=O)CC1. The molecule has 5 nitrogen and oxygen atoms in total. The van der Waals surface area contributed by atoms with E-state index in [9.17, 15) is 9.59 Å². The van der Waals surface area contributed by atoms with Crippen molar-refractivity contribution in [3.8, 4) is 0 Å². The van der Waals surface area contributed by atoms with Crippen molar-refractivity contribution in [3.63, 3.8) is 0 Å². The van der Waals surface area contributed by atoms with Gasteiger partial charge in [-0.2, -0.15) is 0 Å². The van der Waals surface area contributed by atoms with Crippen molar-refractivity contribution in [2.24, 2.45) is 5.92 Å². The Kier molecular flexibility index (Phi) is 2.90. The average molecular weight is 211 g/mol. The number of amides is 2. The number of carbonyl (C=O) groups excluding carboxylic acids is 2. The van der Waals surface area contributed by atoms with Crippen LogP contribution in [0.2, 0.25) is 0 Å². The molecule has 2 heterocycles. The molecule has 1 atom stereocenters. The second-order valence-electron chi connectivity index (χ2n) is 4.48. The number of nitrogens with one attached hydrogen (secondary N) is 2. The Morgan fingerprint density at radius 2 is 1.87 bits per heavy atom. The van der Waals surface area contributed by atoms with Gasteiger partial charge in [-0.25, -0.2) is 0 Å². The molecule has 0 radical (unpaired) electrons. The maximum absolute atomic E-state index is 11.6. The molecule has 2 amide bonds. The van der Waals surface area contributed by atoms with Gasteiger partial charge in [-0.1, -0.05) is 6.92 Å². The minimum absolute atomic E-state index is 0.0795. The lowest BCUT2D eigenvalue weighted by molar-refractivity contribution is -0.140. The van der Waals surface area contributed by atoms with Gasteiger partial charge in [0.05, 0.1) is 12.5 Å². The number of piperidine rings is 1. The Hall–Kier alpha value is -1.10. The molecule has 2 fully saturated rings. The topological polar surface area (TPSA) is 61.4 Å². The highest BCUT2D eigenvalue weighted by Gasteiger charge is 2.33. The summed E-state index contributed by atoms with van der Waals surface area (Å²) in [6, 6.07) is -0.258. The fourth-order valence-electron chi connectivity index (χ4n) is 2.17. The third-order valence-electron chi connectivity index (χ3n) is 3.27. The van der Waals surface area contributed by atoms with E-state index in [0.29, 0.717) is 6.42 Å². The average Bonchev–Trinajstić information content (AvgIpc) is 2.23. The molecule has 84 valence electrons. The third kappa shape index (κ3) is 2.28. The fraction of sp³-hybridized carbons (Fsp3) is 0.800. The number of hydrazine groups is 1. The summed E-state index contributed by atoms with van der Waals surface area (Å²) in [4.78, 5) is 24.8. The normalized spacial score (nSPS) is 29.8. The van der Waals surface area contributed by atoms with Gasteiger partial charge in [0.2, 0.25) is 5.91 Å². The maximum atomic E-state index is 11.6. The van der Waals surface area contributed by atoms with E-state index in [-0.39, 0.29) is 17.9 Å². The summed E-state index contributed by atoms with van der Waals surface area (Å²) < 4.78 is 0. The van der Waals surface area contributed by atoms with Crippen molar-refractivity contribution >= 4 is 11.8 Å². The third-order valence-corrected chi connectivity index (χ3v) is 3.27. The van der Waals surface area contributed by atoms with Crippen molar-refractivity contribution < 1.29 is 9.59 Å². The van der Waals surface area contributed by atoms with Crippen LogP contribution in [0.1, 0.15) is 26.2 Å². The molecule has 0 spiro atoms. The van der Waals surface area contributed by atoms with Crippen LogP contribution < -0.4 is 10.9 Å². The summed E-state index contributed by atoms with van der Waals surface area (Å²) in [5.74, 6) is 0.559. The van der Waals surface area contributed by atoms with E-state index in [1.807, 2.05) is 0 Å². The summed E-state index contributed by atoms with van der Waals surface area (Å²) in [6.45, 7) is 4.07. The molecule has 2 N–H and O–H groups in total. The van der Waals surface area contributed by atoms with Crippen LogP contribution in [-0.4, -0.2) is 35.8 Å². The van der Waals surface area contributed by atoms with Crippen molar-refractivity contribution in [3.05, 3.63) is 0 Å². The van der Waals surface area contributed by atoms with Crippen LogP contribution in [-0.2, 0) is 9.59 Å². The molecule has 5 heteroatoms. The number of carbonyl (C=O) groups is 2. The second kappa shape index (κ2) is 4.18. The molecule has 0 saturated carbocycles. The van der Waals surface area contributed by atoms with E-state index in [4.69, 9.17) is 0 Å². The minimum atomic E-state index is -0.258. The van der Waals surface area contributed by atoms with Crippen LogP contribution >= 0.6 is 0 Å². The Balaban J connectivity index is 1.96. The zero-order chi connectivity index (χ0) is 10.8. The Morgan fingerprint density at radius 3 is 2.53 bits per heavy atom. The van der Waals surface area contributed by atoms with Gasteiger partial charge < -0.3 is 0 Å². The first-order chi connectivity index (χ1) is 7.16. The van der Waals surface area contributed by atoms with E-state index in [0.717, 1.165) is 31.8 Å². The largest absolute Gasteiger partial charge is 0.291 e. The van der Waals surface area contributed by atoms with Crippen LogP contribution in [0.15, 0.2) is 0 Å². The second-order valence-corrected chi connectivity index (χ2v) is 4.48. The predicted molar refractivity (Wildman–Crippen MR) is 54.7 cm³/mol. The van der Waals surface area contributed by atoms with Gasteiger partial charge in [0.15, 0.2) is 0 Å². The summed E-state index contributed by atoms with van der Waals surface area (Å²) in [7, 11) is 0. The molecule has 0 aromatic heterocycles. The van der Waals surface area contributed by atoms with Gasteiger partial charge in [-0.05, 0) is 31.8 Å². The smallest absolute Gasteiger partial charge is 0.256 e. The molecular weight excluding hydrogens is 194 g/mol. The Bertz CT molecular complexity index is 272. The first kappa shape index (κ1) is 10.4. The molecule has 2 aliphatic rings. The van der Waals surface area contributed by atoms with E-state index in [1.54, 1.807) is 0 Å². The van der Waals surface area contributed by atoms with Crippen LogP contribution in [0.3, 0.4) is 0 Å². The maximum Gasteiger partial charge on any atom is 0.256 e. The van der Waals surface area contributed by atoms with Crippen molar-refractivity contribution in [2.75, 3.05) is 13.1 Å². The van der Waals surface area contributed by atoms with Gasteiger partial charge >= 0.3 is 0 Å². The molecule has 0 aromatic rings. The summed E-state index contributed by atoms with van der Waals surface area (Å²) in [5, 5.41) is 0. The lowest BCUT2D eigenvalue weighted by atomic mass is 9.96. The monoisotopic (exact) mass is 211 g/mol. The van der Waals surface area contributed by atoms with Crippen LogP contribution in [0.5, 0.6) is 0 Å². The highest BCUT2D eigenvalue weighted by molar-refractivity contribution is 5.93. The van der Waals surface area contributed by atoms with Gasteiger partial charge in [-0.15, -0.1) is 0 Å². The highest BCUT2D eigenvalue weighted by atomic mass is 16.2. The first-order valence-electron chi connectivity index (χ1n) is 5.49. The molecule has 2 saturated heterocycles. The molecule has 0 unspecified atom stereocenters.